The topological polar surface area (TPSA) is 30.9 Å². The van der Waals surface area contributed by atoms with Gasteiger partial charge in [0.1, 0.15) is 19.0 Å². The third-order valence-electron chi connectivity index (χ3n) is 6.75. The van der Waals surface area contributed by atoms with Gasteiger partial charge < -0.3 is 14.2 Å². The van der Waals surface area contributed by atoms with Crippen molar-refractivity contribution in [2.75, 3.05) is 40.6 Å². The number of ether oxygens (including phenoxy) is 3. The minimum Gasteiger partial charge on any atom is -0.493 e. The third kappa shape index (κ3) is 4.98. The van der Waals surface area contributed by atoms with Crippen LogP contribution < -0.4 is 14.2 Å². The fraction of sp³-hybridized carbons (Fsp3) is 0.538. The average molecular weight is 427 g/mol. The van der Waals surface area contributed by atoms with Crippen molar-refractivity contribution in [3.8, 4) is 17.2 Å². The molecule has 4 rings (SSSR count). The Morgan fingerprint density at radius 1 is 1.03 bits per heavy atom. The molecule has 2 aromatic carbocycles. The Labute approximate surface area is 185 Å². The van der Waals surface area contributed by atoms with Crippen molar-refractivity contribution in [3.63, 3.8) is 0 Å². The first kappa shape index (κ1) is 21.9. The van der Waals surface area contributed by atoms with Crippen LogP contribution >= 0.6 is 0 Å². The summed E-state index contributed by atoms with van der Waals surface area (Å²) in [5.41, 5.74) is 5.45. The molecule has 1 atom stereocenters. The molecule has 5 heteroatoms. The number of halogens is 1. The fourth-order valence-corrected chi connectivity index (χ4v) is 5.19. The van der Waals surface area contributed by atoms with E-state index in [9.17, 15) is 4.39 Å². The molecule has 0 N–H and O–H groups in total. The zero-order valence-corrected chi connectivity index (χ0v) is 18.8. The monoisotopic (exact) mass is 426 g/mol. The summed E-state index contributed by atoms with van der Waals surface area (Å²) in [6.07, 6.45) is 6.89. The van der Waals surface area contributed by atoms with Gasteiger partial charge in [0.2, 0.25) is 0 Å². The largest absolute Gasteiger partial charge is 0.493 e. The normalized spacial score (nSPS) is 18.2. The van der Waals surface area contributed by atoms with Crippen LogP contribution in [-0.2, 0) is 19.4 Å². The zero-order chi connectivity index (χ0) is 21.6. The van der Waals surface area contributed by atoms with Gasteiger partial charge in [-0.2, -0.15) is 0 Å². The lowest BCUT2D eigenvalue weighted by atomic mass is 9.80. The molecule has 0 saturated heterocycles. The Morgan fingerprint density at radius 2 is 1.84 bits per heavy atom. The molecule has 0 radical (unpaired) electrons. The molecule has 0 bridgehead atoms. The highest BCUT2D eigenvalue weighted by Crippen LogP contribution is 2.39. The minimum absolute atomic E-state index is 0.147. The van der Waals surface area contributed by atoms with E-state index in [0.29, 0.717) is 5.92 Å². The van der Waals surface area contributed by atoms with E-state index in [0.717, 1.165) is 49.7 Å². The molecule has 168 valence electrons. The van der Waals surface area contributed by atoms with Crippen molar-refractivity contribution in [1.29, 1.82) is 0 Å². The Balaban J connectivity index is 1.35. The number of hydrogen-bond acceptors (Lipinski definition) is 4. The predicted molar refractivity (Wildman–Crippen MR) is 121 cm³/mol. The van der Waals surface area contributed by atoms with Gasteiger partial charge in [-0.15, -0.1) is 0 Å². The van der Waals surface area contributed by atoms with Crippen LogP contribution in [0.2, 0.25) is 0 Å². The zero-order valence-electron chi connectivity index (χ0n) is 18.8. The molecule has 4 nitrogen and oxygen atoms in total. The summed E-state index contributed by atoms with van der Waals surface area (Å²) in [5, 5.41) is 0. The second-order valence-electron chi connectivity index (χ2n) is 8.59. The van der Waals surface area contributed by atoms with Gasteiger partial charge in [0.05, 0.1) is 14.2 Å². The van der Waals surface area contributed by atoms with Crippen LogP contribution in [0.4, 0.5) is 4.39 Å². The molecule has 31 heavy (non-hydrogen) atoms. The highest BCUT2D eigenvalue weighted by Gasteiger charge is 2.24. The van der Waals surface area contributed by atoms with Gasteiger partial charge in [0.25, 0.3) is 0 Å². The molecule has 1 heterocycles. The summed E-state index contributed by atoms with van der Waals surface area (Å²) >= 11 is 0. The lowest BCUT2D eigenvalue weighted by Crippen LogP contribution is -2.31. The fourth-order valence-electron chi connectivity index (χ4n) is 5.19. The molecule has 2 aliphatic rings. The molecular formula is C26H34FNO3. The maximum atomic E-state index is 12.6. The summed E-state index contributed by atoms with van der Waals surface area (Å²) in [7, 11) is 3.39. The average Bonchev–Trinajstić information content (AvgIpc) is 2.81. The maximum Gasteiger partial charge on any atom is 0.161 e. The standard InChI is InChI=1S/C26H34FNO3/c1-29-25-16-20-11-14-28(18-21(20)17-26(25)30-2)13-5-7-19-6-3-9-23-22(19)8-4-10-24(23)31-15-12-27/h4,8,10,16-17,19H,3,5-7,9,11-15,18H2,1-2H3/i27-1. The van der Waals surface area contributed by atoms with Crippen LogP contribution in [0, 0.1) is 0 Å². The van der Waals surface area contributed by atoms with Crippen LogP contribution in [0.15, 0.2) is 30.3 Å². The van der Waals surface area contributed by atoms with Crippen molar-refractivity contribution in [1.82, 2.24) is 4.90 Å². The first-order valence-electron chi connectivity index (χ1n) is 11.5. The molecule has 0 aromatic heterocycles. The van der Waals surface area contributed by atoms with Gasteiger partial charge in [0.15, 0.2) is 11.5 Å². The number of hydrogen-bond donors (Lipinski definition) is 0. The molecular weight excluding hydrogens is 392 g/mol. The lowest BCUT2D eigenvalue weighted by Gasteiger charge is -2.31. The second kappa shape index (κ2) is 10.4. The molecule has 0 spiro atoms. The molecule has 1 unspecified atom stereocenters. The second-order valence-corrected chi connectivity index (χ2v) is 8.59. The summed E-state index contributed by atoms with van der Waals surface area (Å²) in [5.74, 6) is 3.10. The Kier molecular flexibility index (Phi) is 7.33. The van der Waals surface area contributed by atoms with Crippen molar-refractivity contribution in [2.24, 2.45) is 0 Å². The number of benzene rings is 2. The van der Waals surface area contributed by atoms with Gasteiger partial charge in [-0.25, -0.2) is 4.39 Å². The number of alkyl halides is 1. The van der Waals surface area contributed by atoms with E-state index in [4.69, 9.17) is 14.2 Å². The Morgan fingerprint density at radius 3 is 2.61 bits per heavy atom. The van der Waals surface area contributed by atoms with Gasteiger partial charge in [0, 0.05) is 13.1 Å². The van der Waals surface area contributed by atoms with Crippen LogP contribution in [0.5, 0.6) is 17.2 Å². The number of fused-ring (bicyclic) bond motifs is 2. The lowest BCUT2D eigenvalue weighted by molar-refractivity contribution is 0.243. The van der Waals surface area contributed by atoms with Gasteiger partial charge in [-0.05, 0) is 91.4 Å². The van der Waals surface area contributed by atoms with E-state index in [-0.39, 0.29) is 6.61 Å². The van der Waals surface area contributed by atoms with Crippen LogP contribution in [0.25, 0.3) is 0 Å². The number of rotatable bonds is 9. The molecule has 1 aliphatic heterocycles. The molecule has 0 amide bonds. The molecule has 2 aromatic rings. The van der Waals surface area contributed by atoms with E-state index >= 15 is 0 Å². The van der Waals surface area contributed by atoms with Gasteiger partial charge in [-0.3, -0.25) is 4.90 Å². The smallest absolute Gasteiger partial charge is 0.161 e. The number of methoxy groups -OCH3 is 2. The van der Waals surface area contributed by atoms with E-state index in [1.54, 1.807) is 14.2 Å². The van der Waals surface area contributed by atoms with Crippen LogP contribution in [0.1, 0.15) is 53.9 Å². The maximum absolute atomic E-state index is 12.6. The van der Waals surface area contributed by atoms with Crippen molar-refractivity contribution in [3.05, 3.63) is 52.6 Å². The summed E-state index contributed by atoms with van der Waals surface area (Å²) in [6, 6.07) is 10.6. The van der Waals surface area contributed by atoms with Crippen molar-refractivity contribution >= 4 is 0 Å². The summed E-state index contributed by atoms with van der Waals surface area (Å²) < 4.78 is 29.2. The van der Waals surface area contributed by atoms with Gasteiger partial charge >= 0.3 is 0 Å². The first-order chi connectivity index (χ1) is 15.2. The Bertz CT molecular complexity index is 885. The van der Waals surface area contributed by atoms with E-state index in [2.05, 4.69) is 29.2 Å². The summed E-state index contributed by atoms with van der Waals surface area (Å²) in [4.78, 5) is 2.55. The van der Waals surface area contributed by atoms with E-state index < -0.39 is 6.67 Å². The SMILES string of the molecule is COc1cc2c(cc1OC)CN(CCCC1CCCc3c(OCC[18F])cccc31)CC2. The molecule has 1 aliphatic carbocycles. The van der Waals surface area contributed by atoms with Crippen molar-refractivity contribution in [2.45, 2.75) is 51.0 Å². The molecule has 0 fully saturated rings. The van der Waals surface area contributed by atoms with Crippen LogP contribution in [-0.4, -0.2) is 45.5 Å². The summed E-state index contributed by atoms with van der Waals surface area (Å²) in [6.45, 7) is 2.87. The van der Waals surface area contributed by atoms with Gasteiger partial charge in [-0.1, -0.05) is 12.1 Å². The third-order valence-corrected chi connectivity index (χ3v) is 6.75. The van der Waals surface area contributed by atoms with Crippen molar-refractivity contribution < 1.29 is 18.6 Å². The van der Waals surface area contributed by atoms with E-state index in [1.807, 2.05) is 6.07 Å². The number of nitrogens with zero attached hydrogens (tertiary/aromatic N) is 1. The van der Waals surface area contributed by atoms with E-state index in [1.165, 1.54) is 47.9 Å². The highest BCUT2D eigenvalue weighted by molar-refractivity contribution is 5.48. The minimum atomic E-state index is -0.440. The first-order valence-corrected chi connectivity index (χ1v) is 11.5. The quantitative estimate of drug-likeness (QED) is 0.544. The van der Waals surface area contributed by atoms with Crippen LogP contribution in [0.3, 0.4) is 0 Å². The molecule has 0 saturated carbocycles. The predicted octanol–water partition coefficient (Wildman–Crippen LogP) is 5.31. The Hall–Kier alpha value is -2.27. The highest BCUT2D eigenvalue weighted by atomic mass is 18.2.